The van der Waals surface area contributed by atoms with Crippen molar-refractivity contribution in [3.05, 3.63) is 53.6 Å². The van der Waals surface area contributed by atoms with E-state index in [0.29, 0.717) is 17.8 Å². The fraction of sp³-hybridized carbons (Fsp3) is 0.235. The van der Waals surface area contributed by atoms with E-state index in [4.69, 9.17) is 5.73 Å². The average molecular weight is 283 g/mol. The number of amides is 1. The summed E-state index contributed by atoms with van der Waals surface area (Å²) in [5.41, 5.74) is 10.1. The summed E-state index contributed by atoms with van der Waals surface area (Å²) in [6.45, 7) is 4.54. The van der Waals surface area contributed by atoms with Gasteiger partial charge in [-0.25, -0.2) is 0 Å². The molecule has 4 heteroatoms. The topological polar surface area (TPSA) is 58.4 Å². The minimum absolute atomic E-state index is 0.0907. The first-order valence-corrected chi connectivity index (χ1v) is 7.01. The fourth-order valence-electron chi connectivity index (χ4n) is 2.25. The first-order chi connectivity index (χ1) is 10.0. The minimum atomic E-state index is -0.0907. The molecule has 0 saturated heterocycles. The molecule has 0 aliphatic rings. The summed E-state index contributed by atoms with van der Waals surface area (Å²) >= 11 is 0. The molecule has 4 nitrogen and oxygen atoms in total. The van der Waals surface area contributed by atoms with Crippen molar-refractivity contribution in [1.29, 1.82) is 0 Å². The molecule has 0 bridgehead atoms. The molecule has 0 fully saturated rings. The molecule has 2 aromatic rings. The lowest BCUT2D eigenvalue weighted by Crippen LogP contribution is -2.25. The Morgan fingerprint density at radius 2 is 2.00 bits per heavy atom. The number of nitrogens with two attached hydrogens (primary N) is 1. The molecule has 0 unspecified atom stereocenters. The molecule has 3 N–H and O–H groups in total. The maximum Gasteiger partial charge on any atom is 0.253 e. The van der Waals surface area contributed by atoms with Gasteiger partial charge in [-0.3, -0.25) is 4.79 Å². The molecule has 2 aromatic carbocycles. The van der Waals surface area contributed by atoms with Gasteiger partial charge in [-0.1, -0.05) is 12.1 Å². The minimum Gasteiger partial charge on any atom is -0.399 e. The monoisotopic (exact) mass is 283 g/mol. The third-order valence-electron chi connectivity index (χ3n) is 3.35. The van der Waals surface area contributed by atoms with Crippen molar-refractivity contribution in [3.8, 4) is 0 Å². The van der Waals surface area contributed by atoms with Gasteiger partial charge >= 0.3 is 0 Å². The van der Waals surface area contributed by atoms with E-state index in [1.54, 1.807) is 12.1 Å². The van der Waals surface area contributed by atoms with Crippen molar-refractivity contribution in [1.82, 2.24) is 5.32 Å². The normalized spacial score (nSPS) is 10.2. The maximum absolute atomic E-state index is 12.2. The zero-order valence-electron chi connectivity index (χ0n) is 12.7. The van der Waals surface area contributed by atoms with E-state index in [0.717, 1.165) is 11.4 Å². The Kier molecular flexibility index (Phi) is 4.48. The number of benzene rings is 2. The molecule has 110 valence electrons. The van der Waals surface area contributed by atoms with E-state index in [1.165, 1.54) is 5.56 Å². The zero-order valence-corrected chi connectivity index (χ0v) is 12.7. The number of nitrogens with zero attached hydrogens (tertiary/aromatic N) is 1. The van der Waals surface area contributed by atoms with Crippen molar-refractivity contribution < 1.29 is 4.79 Å². The predicted octanol–water partition coefficient (Wildman–Crippen LogP) is 3.09. The Morgan fingerprint density at radius 1 is 1.24 bits per heavy atom. The van der Waals surface area contributed by atoms with Gasteiger partial charge in [0, 0.05) is 25.0 Å². The predicted molar refractivity (Wildman–Crippen MR) is 88.1 cm³/mol. The highest BCUT2D eigenvalue weighted by Gasteiger charge is 2.15. The summed E-state index contributed by atoms with van der Waals surface area (Å²) in [7, 11) is 1.94. The number of nitrogens with one attached hydrogen (secondary N) is 1. The molecule has 2 rings (SSSR count). The van der Waals surface area contributed by atoms with Crippen molar-refractivity contribution in [2.24, 2.45) is 0 Å². The van der Waals surface area contributed by atoms with Gasteiger partial charge in [-0.15, -0.1) is 0 Å². The molecule has 0 radical (unpaired) electrons. The highest BCUT2D eigenvalue weighted by Crippen LogP contribution is 2.29. The summed E-state index contributed by atoms with van der Waals surface area (Å²) in [6.07, 6.45) is 0. The van der Waals surface area contributed by atoms with Crippen molar-refractivity contribution in [2.75, 3.05) is 24.2 Å². The van der Waals surface area contributed by atoms with Gasteiger partial charge in [0.25, 0.3) is 5.91 Å². The van der Waals surface area contributed by atoms with Crippen molar-refractivity contribution in [3.63, 3.8) is 0 Å². The average Bonchev–Trinajstić information content (AvgIpc) is 2.46. The second-order valence-electron chi connectivity index (χ2n) is 5.03. The van der Waals surface area contributed by atoms with E-state index < -0.39 is 0 Å². The van der Waals surface area contributed by atoms with Gasteiger partial charge in [0.2, 0.25) is 0 Å². The van der Waals surface area contributed by atoms with Crippen LogP contribution in [0.25, 0.3) is 0 Å². The van der Waals surface area contributed by atoms with Gasteiger partial charge in [0.15, 0.2) is 0 Å². The SMILES string of the molecule is CCNC(=O)c1ccc(N)cc1N(C)c1cccc(C)c1. The van der Waals surface area contributed by atoms with Gasteiger partial charge in [0.1, 0.15) is 0 Å². The Morgan fingerprint density at radius 3 is 2.67 bits per heavy atom. The smallest absolute Gasteiger partial charge is 0.253 e. The number of carbonyl (C=O) groups is 1. The first-order valence-electron chi connectivity index (χ1n) is 7.01. The standard InChI is InChI=1S/C17H21N3O/c1-4-19-17(21)15-9-8-13(18)11-16(15)20(3)14-7-5-6-12(2)10-14/h5-11H,4,18H2,1-3H3,(H,19,21). The zero-order chi connectivity index (χ0) is 15.4. The fourth-order valence-corrected chi connectivity index (χ4v) is 2.25. The van der Waals surface area contributed by atoms with E-state index in [9.17, 15) is 4.79 Å². The number of hydrogen-bond donors (Lipinski definition) is 2. The molecule has 0 atom stereocenters. The van der Waals surface area contributed by atoms with Crippen LogP contribution in [0.2, 0.25) is 0 Å². The maximum atomic E-state index is 12.2. The summed E-state index contributed by atoms with van der Waals surface area (Å²) in [5.74, 6) is -0.0907. The Balaban J connectivity index is 2.46. The van der Waals surface area contributed by atoms with Crippen LogP contribution in [0, 0.1) is 6.92 Å². The third kappa shape index (κ3) is 3.34. The lowest BCUT2D eigenvalue weighted by Gasteiger charge is -2.23. The Labute approximate surface area is 125 Å². The van der Waals surface area contributed by atoms with Crippen LogP contribution in [0.1, 0.15) is 22.8 Å². The summed E-state index contributed by atoms with van der Waals surface area (Å²) in [5, 5.41) is 2.83. The van der Waals surface area contributed by atoms with Gasteiger partial charge in [-0.05, 0) is 49.7 Å². The largest absolute Gasteiger partial charge is 0.399 e. The van der Waals surface area contributed by atoms with Gasteiger partial charge < -0.3 is 16.0 Å². The van der Waals surface area contributed by atoms with Gasteiger partial charge in [-0.2, -0.15) is 0 Å². The van der Waals surface area contributed by atoms with Crippen LogP contribution in [0.5, 0.6) is 0 Å². The van der Waals surface area contributed by atoms with Gasteiger partial charge in [0.05, 0.1) is 11.3 Å². The first kappa shape index (κ1) is 14.9. The highest BCUT2D eigenvalue weighted by atomic mass is 16.1. The van der Waals surface area contributed by atoms with E-state index >= 15 is 0 Å². The number of hydrogen-bond acceptors (Lipinski definition) is 3. The molecule has 21 heavy (non-hydrogen) atoms. The molecular weight excluding hydrogens is 262 g/mol. The van der Waals surface area contributed by atoms with E-state index in [-0.39, 0.29) is 5.91 Å². The second-order valence-corrected chi connectivity index (χ2v) is 5.03. The molecule has 0 heterocycles. The van der Waals surface area contributed by atoms with Crippen LogP contribution in [0.15, 0.2) is 42.5 Å². The molecule has 1 amide bonds. The number of anilines is 3. The van der Waals surface area contributed by atoms with Crippen LogP contribution >= 0.6 is 0 Å². The van der Waals surface area contributed by atoms with E-state index in [2.05, 4.69) is 11.4 Å². The summed E-state index contributed by atoms with van der Waals surface area (Å²) in [4.78, 5) is 14.2. The third-order valence-corrected chi connectivity index (χ3v) is 3.35. The number of aryl methyl sites for hydroxylation is 1. The van der Waals surface area contributed by atoms with Crippen LogP contribution < -0.4 is 16.0 Å². The molecular formula is C17H21N3O. The van der Waals surface area contributed by atoms with Crippen molar-refractivity contribution in [2.45, 2.75) is 13.8 Å². The highest BCUT2D eigenvalue weighted by molar-refractivity contribution is 6.01. The van der Waals surface area contributed by atoms with Crippen LogP contribution in [-0.2, 0) is 0 Å². The van der Waals surface area contributed by atoms with Crippen LogP contribution in [0.3, 0.4) is 0 Å². The Bertz CT molecular complexity index is 652. The molecule has 0 aromatic heterocycles. The van der Waals surface area contributed by atoms with Crippen molar-refractivity contribution >= 4 is 23.0 Å². The lowest BCUT2D eigenvalue weighted by molar-refractivity contribution is 0.0956. The summed E-state index contributed by atoms with van der Waals surface area (Å²) < 4.78 is 0. The molecule has 0 spiro atoms. The molecule has 0 aliphatic heterocycles. The molecule has 0 aliphatic carbocycles. The number of nitrogen functional groups attached to an aromatic ring is 1. The van der Waals surface area contributed by atoms with E-state index in [1.807, 2.05) is 50.1 Å². The Hall–Kier alpha value is -2.49. The second kappa shape index (κ2) is 6.31. The van der Waals surface area contributed by atoms with Crippen LogP contribution in [-0.4, -0.2) is 19.5 Å². The quantitative estimate of drug-likeness (QED) is 0.848. The molecule has 0 saturated carbocycles. The number of rotatable bonds is 4. The van der Waals surface area contributed by atoms with Crippen LogP contribution in [0.4, 0.5) is 17.1 Å². The lowest BCUT2D eigenvalue weighted by atomic mass is 10.1. The number of carbonyl (C=O) groups excluding carboxylic acids is 1. The summed E-state index contributed by atoms with van der Waals surface area (Å²) in [6, 6.07) is 13.5.